The minimum absolute atomic E-state index is 0.243. The largest absolute Gasteiger partial charge is 0.290 e. The van der Waals surface area contributed by atoms with E-state index in [9.17, 15) is 9.59 Å². The highest BCUT2D eigenvalue weighted by Crippen LogP contribution is 2.18. The number of benzene rings is 1. The van der Waals surface area contributed by atoms with E-state index in [-0.39, 0.29) is 17.5 Å². The molecule has 1 aromatic rings. The van der Waals surface area contributed by atoms with Gasteiger partial charge in [0.2, 0.25) is 11.6 Å². The molecular formula is C14H18O2. The molecule has 16 heavy (non-hydrogen) atoms. The van der Waals surface area contributed by atoms with Gasteiger partial charge in [-0.15, -0.1) is 0 Å². The van der Waals surface area contributed by atoms with Crippen molar-refractivity contribution in [2.45, 2.75) is 34.6 Å². The Kier molecular flexibility index (Phi) is 3.63. The first-order chi connectivity index (χ1) is 7.34. The second-order valence-corrected chi connectivity index (χ2v) is 4.62. The normalized spacial score (nSPS) is 10.6. The third kappa shape index (κ3) is 2.38. The molecule has 0 unspecified atom stereocenters. The predicted octanol–water partition coefficient (Wildman–Crippen LogP) is 3.02. The number of ketones is 2. The lowest BCUT2D eigenvalue weighted by atomic mass is 9.92. The van der Waals surface area contributed by atoms with Crippen LogP contribution in [0, 0.1) is 26.7 Å². The zero-order valence-corrected chi connectivity index (χ0v) is 10.5. The number of rotatable bonds is 3. The topological polar surface area (TPSA) is 34.1 Å². The molecule has 0 heterocycles. The van der Waals surface area contributed by atoms with Gasteiger partial charge in [0.25, 0.3) is 0 Å². The van der Waals surface area contributed by atoms with Gasteiger partial charge in [-0.3, -0.25) is 9.59 Å². The molecule has 0 amide bonds. The highest BCUT2D eigenvalue weighted by Gasteiger charge is 2.22. The molecule has 0 atom stereocenters. The van der Waals surface area contributed by atoms with Gasteiger partial charge in [0.1, 0.15) is 0 Å². The molecule has 0 aliphatic rings. The summed E-state index contributed by atoms with van der Waals surface area (Å²) in [7, 11) is 0. The first-order valence-electron chi connectivity index (χ1n) is 5.51. The summed E-state index contributed by atoms with van der Waals surface area (Å²) in [5.74, 6) is -0.910. The SMILES string of the molecule is Cc1cc(C)c(C(=O)C(=O)C(C)C)c(C)c1. The van der Waals surface area contributed by atoms with Crippen LogP contribution in [-0.4, -0.2) is 11.6 Å². The zero-order chi connectivity index (χ0) is 12.5. The summed E-state index contributed by atoms with van der Waals surface area (Å²) >= 11 is 0. The zero-order valence-electron chi connectivity index (χ0n) is 10.5. The fourth-order valence-electron chi connectivity index (χ4n) is 1.92. The summed E-state index contributed by atoms with van der Waals surface area (Å²) in [6.07, 6.45) is 0. The van der Waals surface area contributed by atoms with Gasteiger partial charge in [-0.2, -0.15) is 0 Å². The fourth-order valence-corrected chi connectivity index (χ4v) is 1.92. The van der Waals surface area contributed by atoms with Crippen LogP contribution in [0.4, 0.5) is 0 Å². The van der Waals surface area contributed by atoms with Crippen molar-refractivity contribution in [2.24, 2.45) is 5.92 Å². The maximum atomic E-state index is 12.0. The van der Waals surface area contributed by atoms with Crippen molar-refractivity contribution >= 4 is 11.6 Å². The van der Waals surface area contributed by atoms with E-state index < -0.39 is 0 Å². The van der Waals surface area contributed by atoms with Crippen molar-refractivity contribution in [3.63, 3.8) is 0 Å². The first kappa shape index (κ1) is 12.6. The summed E-state index contributed by atoms with van der Waals surface area (Å²) in [5.41, 5.74) is 3.46. The van der Waals surface area contributed by atoms with Crippen LogP contribution in [0.1, 0.15) is 40.9 Å². The Morgan fingerprint density at radius 1 is 1.00 bits per heavy atom. The molecule has 0 bridgehead atoms. The third-order valence-electron chi connectivity index (χ3n) is 2.65. The van der Waals surface area contributed by atoms with E-state index in [1.54, 1.807) is 13.8 Å². The second kappa shape index (κ2) is 4.60. The van der Waals surface area contributed by atoms with Crippen LogP contribution in [0.2, 0.25) is 0 Å². The van der Waals surface area contributed by atoms with Gasteiger partial charge >= 0.3 is 0 Å². The Balaban J connectivity index is 3.24. The molecule has 2 heteroatoms. The Morgan fingerprint density at radius 3 is 1.81 bits per heavy atom. The summed E-state index contributed by atoms with van der Waals surface area (Å²) in [6.45, 7) is 9.23. The van der Waals surface area contributed by atoms with E-state index in [1.807, 2.05) is 32.9 Å². The van der Waals surface area contributed by atoms with Gasteiger partial charge in [-0.05, 0) is 31.9 Å². The average Bonchev–Trinajstić information content (AvgIpc) is 2.14. The van der Waals surface area contributed by atoms with Gasteiger partial charge < -0.3 is 0 Å². The summed E-state index contributed by atoms with van der Waals surface area (Å²) < 4.78 is 0. The van der Waals surface area contributed by atoms with Gasteiger partial charge in [-0.25, -0.2) is 0 Å². The fraction of sp³-hybridized carbons (Fsp3) is 0.429. The van der Waals surface area contributed by atoms with Crippen molar-refractivity contribution in [2.75, 3.05) is 0 Å². The predicted molar refractivity (Wildman–Crippen MR) is 64.8 cm³/mol. The number of Topliss-reactive ketones (excluding diaryl/α,β-unsaturated/α-hetero) is 2. The average molecular weight is 218 g/mol. The molecule has 1 aromatic carbocycles. The Labute approximate surface area is 96.7 Å². The molecule has 0 saturated heterocycles. The van der Waals surface area contributed by atoms with Crippen LogP contribution < -0.4 is 0 Å². The van der Waals surface area contributed by atoms with Crippen LogP contribution in [0.3, 0.4) is 0 Å². The van der Waals surface area contributed by atoms with Crippen molar-refractivity contribution in [3.05, 3.63) is 34.4 Å². The van der Waals surface area contributed by atoms with Crippen LogP contribution in [0.5, 0.6) is 0 Å². The van der Waals surface area contributed by atoms with Crippen molar-refractivity contribution < 1.29 is 9.59 Å². The van der Waals surface area contributed by atoms with Gasteiger partial charge in [0.05, 0.1) is 0 Å². The third-order valence-corrected chi connectivity index (χ3v) is 2.65. The maximum absolute atomic E-state index is 12.0. The highest BCUT2D eigenvalue weighted by molar-refractivity contribution is 6.44. The van der Waals surface area contributed by atoms with Crippen molar-refractivity contribution in [3.8, 4) is 0 Å². The van der Waals surface area contributed by atoms with Crippen LogP contribution in [0.15, 0.2) is 12.1 Å². The van der Waals surface area contributed by atoms with Crippen molar-refractivity contribution in [1.29, 1.82) is 0 Å². The van der Waals surface area contributed by atoms with E-state index in [2.05, 4.69) is 0 Å². The van der Waals surface area contributed by atoms with E-state index in [1.165, 1.54) is 0 Å². The number of aryl methyl sites for hydroxylation is 3. The van der Waals surface area contributed by atoms with Crippen molar-refractivity contribution in [1.82, 2.24) is 0 Å². The smallest absolute Gasteiger partial charge is 0.229 e. The summed E-state index contributed by atoms with van der Waals surface area (Å²) in [6, 6.07) is 3.88. The van der Waals surface area contributed by atoms with E-state index in [0.717, 1.165) is 16.7 Å². The maximum Gasteiger partial charge on any atom is 0.229 e. The minimum Gasteiger partial charge on any atom is -0.290 e. The first-order valence-corrected chi connectivity index (χ1v) is 5.51. The Morgan fingerprint density at radius 2 is 1.44 bits per heavy atom. The second-order valence-electron chi connectivity index (χ2n) is 4.62. The molecule has 0 radical (unpaired) electrons. The molecule has 0 aromatic heterocycles. The monoisotopic (exact) mass is 218 g/mol. The van der Waals surface area contributed by atoms with Crippen LogP contribution >= 0.6 is 0 Å². The number of carbonyl (C=O) groups excluding carboxylic acids is 2. The lowest BCUT2D eigenvalue weighted by molar-refractivity contribution is -0.117. The molecule has 2 nitrogen and oxygen atoms in total. The number of carbonyl (C=O) groups is 2. The van der Waals surface area contributed by atoms with Gasteiger partial charge in [-0.1, -0.05) is 31.5 Å². The summed E-state index contributed by atoms with van der Waals surface area (Å²) in [4.78, 5) is 23.7. The van der Waals surface area contributed by atoms with Crippen LogP contribution in [-0.2, 0) is 4.79 Å². The summed E-state index contributed by atoms with van der Waals surface area (Å²) in [5, 5.41) is 0. The standard InChI is InChI=1S/C14H18O2/c1-8(2)13(15)14(16)12-10(4)6-9(3)7-11(12)5/h6-8H,1-5H3. The molecule has 0 fully saturated rings. The lowest BCUT2D eigenvalue weighted by Crippen LogP contribution is -2.21. The lowest BCUT2D eigenvalue weighted by Gasteiger charge is -2.10. The number of hydrogen-bond acceptors (Lipinski definition) is 2. The molecule has 0 aliphatic carbocycles. The van der Waals surface area contributed by atoms with Crippen LogP contribution in [0.25, 0.3) is 0 Å². The molecular weight excluding hydrogens is 200 g/mol. The molecule has 86 valence electrons. The van der Waals surface area contributed by atoms with E-state index in [0.29, 0.717) is 5.56 Å². The highest BCUT2D eigenvalue weighted by atomic mass is 16.2. The van der Waals surface area contributed by atoms with E-state index >= 15 is 0 Å². The molecule has 0 N–H and O–H groups in total. The van der Waals surface area contributed by atoms with Gasteiger partial charge in [0, 0.05) is 11.5 Å². The minimum atomic E-state index is -0.356. The quantitative estimate of drug-likeness (QED) is 0.577. The molecule has 0 spiro atoms. The Bertz CT molecular complexity index is 419. The molecule has 0 saturated carbocycles. The van der Waals surface area contributed by atoms with E-state index in [4.69, 9.17) is 0 Å². The molecule has 0 aliphatic heterocycles. The molecule has 1 rings (SSSR count). The number of hydrogen-bond donors (Lipinski definition) is 0. The van der Waals surface area contributed by atoms with Gasteiger partial charge in [0.15, 0.2) is 0 Å². The Hall–Kier alpha value is -1.44.